The predicted molar refractivity (Wildman–Crippen MR) is 73.9 cm³/mol. The summed E-state index contributed by atoms with van der Waals surface area (Å²) in [6.45, 7) is 1.52. The number of hydrogen-bond donors (Lipinski definition) is 2. The number of aliphatic hydroxyl groups is 1. The first kappa shape index (κ1) is 14.0. The van der Waals surface area contributed by atoms with Crippen LogP contribution >= 0.6 is 0 Å². The molecule has 0 radical (unpaired) electrons. The van der Waals surface area contributed by atoms with Crippen LogP contribution < -0.4 is 5.73 Å². The lowest BCUT2D eigenvalue weighted by molar-refractivity contribution is 0.0583. The van der Waals surface area contributed by atoms with Crippen LogP contribution in [0.15, 0.2) is 6.20 Å². The molecule has 0 aromatic carbocycles. The summed E-state index contributed by atoms with van der Waals surface area (Å²) in [6, 6.07) is -0.192. The molecule has 4 unspecified atom stereocenters. The fourth-order valence-electron chi connectivity index (χ4n) is 3.27. The highest BCUT2D eigenvalue weighted by atomic mass is 16.5. The highest BCUT2D eigenvalue weighted by Gasteiger charge is 2.27. The van der Waals surface area contributed by atoms with Crippen molar-refractivity contribution in [2.24, 2.45) is 11.7 Å². The molecule has 1 saturated heterocycles. The topological polar surface area (TPSA) is 86.2 Å². The molecule has 1 saturated carbocycles. The van der Waals surface area contributed by atoms with Crippen LogP contribution in [0.5, 0.6) is 0 Å². The Morgan fingerprint density at radius 2 is 2.20 bits per heavy atom. The zero-order chi connectivity index (χ0) is 13.9. The van der Waals surface area contributed by atoms with E-state index in [1.807, 2.05) is 10.9 Å². The maximum absolute atomic E-state index is 10.0. The molecule has 1 aliphatic heterocycles. The molecular formula is C14H24N4O2. The van der Waals surface area contributed by atoms with Crippen LogP contribution in [0.1, 0.15) is 50.3 Å². The van der Waals surface area contributed by atoms with Crippen LogP contribution in [0.2, 0.25) is 0 Å². The van der Waals surface area contributed by atoms with Crippen molar-refractivity contribution in [1.29, 1.82) is 0 Å². The van der Waals surface area contributed by atoms with Crippen LogP contribution in [-0.4, -0.2) is 38.9 Å². The quantitative estimate of drug-likeness (QED) is 0.859. The molecular weight excluding hydrogens is 256 g/mol. The van der Waals surface area contributed by atoms with Gasteiger partial charge in [-0.2, -0.15) is 0 Å². The highest BCUT2D eigenvalue weighted by Crippen LogP contribution is 2.26. The van der Waals surface area contributed by atoms with Gasteiger partial charge in [-0.3, -0.25) is 4.68 Å². The Morgan fingerprint density at radius 1 is 1.35 bits per heavy atom. The van der Waals surface area contributed by atoms with E-state index >= 15 is 0 Å². The van der Waals surface area contributed by atoms with Gasteiger partial charge in [-0.05, 0) is 25.7 Å². The average molecular weight is 280 g/mol. The Labute approximate surface area is 119 Å². The number of nitrogens with zero attached hydrogens (tertiary/aromatic N) is 3. The third kappa shape index (κ3) is 3.02. The molecule has 0 spiro atoms. The summed E-state index contributed by atoms with van der Waals surface area (Å²) in [5, 5.41) is 18.3. The Balaban J connectivity index is 1.61. The molecule has 1 aliphatic carbocycles. The molecule has 2 fully saturated rings. The van der Waals surface area contributed by atoms with Gasteiger partial charge in [0.1, 0.15) is 5.69 Å². The molecule has 0 bridgehead atoms. The van der Waals surface area contributed by atoms with Crippen molar-refractivity contribution in [3.8, 4) is 0 Å². The van der Waals surface area contributed by atoms with Crippen LogP contribution in [0.25, 0.3) is 0 Å². The Hall–Kier alpha value is -0.980. The van der Waals surface area contributed by atoms with E-state index in [-0.39, 0.29) is 24.2 Å². The van der Waals surface area contributed by atoms with Crippen molar-refractivity contribution in [2.75, 3.05) is 6.61 Å². The first-order chi connectivity index (χ1) is 9.74. The van der Waals surface area contributed by atoms with Gasteiger partial charge in [0.2, 0.25) is 0 Å². The van der Waals surface area contributed by atoms with E-state index in [1.165, 1.54) is 6.42 Å². The van der Waals surface area contributed by atoms with Gasteiger partial charge >= 0.3 is 0 Å². The second-order valence-corrected chi connectivity index (χ2v) is 6.05. The lowest BCUT2D eigenvalue weighted by atomic mass is 9.86. The molecule has 112 valence electrons. The van der Waals surface area contributed by atoms with Crippen LogP contribution in [0.3, 0.4) is 0 Å². The van der Waals surface area contributed by atoms with Gasteiger partial charge in [-0.15, -0.1) is 5.10 Å². The lowest BCUT2D eigenvalue weighted by Gasteiger charge is -2.27. The minimum Gasteiger partial charge on any atom is -0.393 e. The van der Waals surface area contributed by atoms with Crippen LogP contribution in [0.4, 0.5) is 0 Å². The maximum Gasteiger partial charge on any atom is 0.102 e. The van der Waals surface area contributed by atoms with Crippen LogP contribution in [-0.2, 0) is 11.3 Å². The minimum atomic E-state index is -0.205. The molecule has 6 heteroatoms. The summed E-state index contributed by atoms with van der Waals surface area (Å²) in [4.78, 5) is 0. The molecule has 2 aliphatic rings. The number of nitrogens with two attached hydrogens (primary N) is 1. The number of aliphatic hydroxyl groups excluding tert-OH is 1. The number of aromatic nitrogens is 3. The van der Waals surface area contributed by atoms with Gasteiger partial charge in [-0.25, -0.2) is 0 Å². The van der Waals surface area contributed by atoms with Crippen molar-refractivity contribution < 1.29 is 9.84 Å². The van der Waals surface area contributed by atoms with E-state index in [9.17, 15) is 5.11 Å². The van der Waals surface area contributed by atoms with E-state index < -0.39 is 0 Å². The van der Waals surface area contributed by atoms with E-state index in [1.54, 1.807) is 0 Å². The molecule has 1 aromatic heterocycles. The SMILES string of the molecule is NC(c1cn(CC2CCCCC2O)nn1)C1CCCO1. The normalized spacial score (nSPS) is 32.4. The largest absolute Gasteiger partial charge is 0.393 e. The monoisotopic (exact) mass is 280 g/mol. The molecule has 4 atom stereocenters. The summed E-state index contributed by atoms with van der Waals surface area (Å²) < 4.78 is 7.43. The van der Waals surface area contributed by atoms with E-state index in [4.69, 9.17) is 10.5 Å². The smallest absolute Gasteiger partial charge is 0.102 e. The van der Waals surface area contributed by atoms with Crippen molar-refractivity contribution in [3.63, 3.8) is 0 Å². The summed E-state index contributed by atoms with van der Waals surface area (Å²) >= 11 is 0. The molecule has 2 heterocycles. The zero-order valence-electron chi connectivity index (χ0n) is 11.8. The third-order valence-electron chi connectivity index (χ3n) is 4.55. The number of hydrogen-bond acceptors (Lipinski definition) is 5. The van der Waals surface area contributed by atoms with Gasteiger partial charge in [0.15, 0.2) is 0 Å². The standard InChI is InChI=1S/C14H24N4O2/c15-14(13-6-3-7-20-13)11-9-18(17-16-11)8-10-4-1-2-5-12(10)19/h9-10,12-14,19H,1-8,15H2. The zero-order valence-corrected chi connectivity index (χ0v) is 11.8. The van der Waals surface area contributed by atoms with Crippen molar-refractivity contribution >= 4 is 0 Å². The molecule has 6 nitrogen and oxygen atoms in total. The second kappa shape index (κ2) is 6.20. The number of rotatable bonds is 4. The van der Waals surface area contributed by atoms with Crippen LogP contribution in [0, 0.1) is 5.92 Å². The Kier molecular flexibility index (Phi) is 4.33. The van der Waals surface area contributed by atoms with Gasteiger partial charge in [0, 0.05) is 19.1 Å². The predicted octanol–water partition coefficient (Wildman–Crippen LogP) is 1.01. The fourth-order valence-corrected chi connectivity index (χ4v) is 3.27. The molecule has 1 aromatic rings. The van der Waals surface area contributed by atoms with Gasteiger partial charge in [0.25, 0.3) is 0 Å². The number of ether oxygens (including phenoxy) is 1. The molecule has 0 amide bonds. The minimum absolute atomic E-state index is 0.0698. The average Bonchev–Trinajstić information content (AvgIpc) is 3.12. The van der Waals surface area contributed by atoms with E-state index in [0.717, 1.165) is 50.9 Å². The Bertz CT molecular complexity index is 431. The first-order valence-corrected chi connectivity index (χ1v) is 7.69. The summed E-state index contributed by atoms with van der Waals surface area (Å²) in [7, 11) is 0. The first-order valence-electron chi connectivity index (χ1n) is 7.69. The molecule has 3 N–H and O–H groups in total. The van der Waals surface area contributed by atoms with E-state index in [0.29, 0.717) is 0 Å². The van der Waals surface area contributed by atoms with Crippen molar-refractivity contribution in [1.82, 2.24) is 15.0 Å². The summed E-state index contributed by atoms with van der Waals surface area (Å²) in [5.74, 6) is 0.289. The van der Waals surface area contributed by atoms with E-state index in [2.05, 4.69) is 10.3 Å². The summed E-state index contributed by atoms with van der Waals surface area (Å²) in [6.07, 6.45) is 8.13. The van der Waals surface area contributed by atoms with Crippen molar-refractivity contribution in [3.05, 3.63) is 11.9 Å². The van der Waals surface area contributed by atoms with Gasteiger partial charge < -0.3 is 15.6 Å². The Morgan fingerprint density at radius 3 is 2.95 bits per heavy atom. The highest BCUT2D eigenvalue weighted by molar-refractivity contribution is 5.03. The van der Waals surface area contributed by atoms with Gasteiger partial charge in [-0.1, -0.05) is 18.1 Å². The third-order valence-corrected chi connectivity index (χ3v) is 4.55. The van der Waals surface area contributed by atoms with Gasteiger partial charge in [0.05, 0.1) is 24.4 Å². The molecule has 3 rings (SSSR count). The van der Waals surface area contributed by atoms with Crippen molar-refractivity contribution in [2.45, 2.75) is 63.3 Å². The summed E-state index contributed by atoms with van der Waals surface area (Å²) in [5.41, 5.74) is 6.98. The fraction of sp³-hybridized carbons (Fsp3) is 0.857. The second-order valence-electron chi connectivity index (χ2n) is 6.05. The maximum atomic E-state index is 10.0. The molecule has 20 heavy (non-hydrogen) atoms. The lowest BCUT2D eigenvalue weighted by Crippen LogP contribution is -2.28.